The molecule has 6 heteroatoms. The number of hydrogen-bond donors (Lipinski definition) is 3. The zero-order valence-corrected chi connectivity index (χ0v) is 15.2. The van der Waals surface area contributed by atoms with Gasteiger partial charge < -0.3 is 5.32 Å². The van der Waals surface area contributed by atoms with E-state index in [0.29, 0.717) is 24.2 Å². The van der Waals surface area contributed by atoms with Crippen molar-refractivity contribution in [1.82, 2.24) is 16.0 Å². The lowest BCUT2D eigenvalue weighted by Crippen LogP contribution is -2.64. The van der Waals surface area contributed by atoms with Crippen LogP contribution in [-0.2, 0) is 9.84 Å². The Morgan fingerprint density at radius 1 is 0.913 bits per heavy atom. The van der Waals surface area contributed by atoms with E-state index in [4.69, 9.17) is 0 Å². The molecule has 1 saturated heterocycles. The average molecular weight is 344 g/mol. The fourth-order valence-corrected chi connectivity index (χ4v) is 5.77. The highest BCUT2D eigenvalue weighted by Crippen LogP contribution is 2.31. The molecule has 5 nitrogen and oxygen atoms in total. The molecule has 1 aliphatic heterocycles. The molecule has 3 aliphatic rings. The molecule has 3 fully saturated rings. The summed E-state index contributed by atoms with van der Waals surface area (Å²) in [6.07, 6.45) is 12.2. The van der Waals surface area contributed by atoms with Crippen molar-refractivity contribution in [3.05, 3.63) is 0 Å². The Kier molecular flexibility index (Phi) is 5.99. The van der Waals surface area contributed by atoms with Gasteiger partial charge in [-0.2, -0.15) is 0 Å². The van der Waals surface area contributed by atoms with E-state index in [1.165, 1.54) is 38.4 Å². The summed E-state index contributed by atoms with van der Waals surface area (Å²) in [5.41, 5.74) is 0. The number of hydrogen-bond acceptors (Lipinski definition) is 5. The summed E-state index contributed by atoms with van der Waals surface area (Å²) < 4.78 is 23.4. The summed E-state index contributed by atoms with van der Waals surface area (Å²) in [5.74, 6) is 0.608. The highest BCUT2D eigenvalue weighted by molar-refractivity contribution is 7.91. The summed E-state index contributed by atoms with van der Waals surface area (Å²) in [6, 6.07) is 1.15. The first kappa shape index (κ1) is 17.6. The lowest BCUT2D eigenvalue weighted by Gasteiger charge is -2.41. The van der Waals surface area contributed by atoms with Crippen LogP contribution in [0.15, 0.2) is 0 Å². The lowest BCUT2D eigenvalue weighted by molar-refractivity contribution is 0.187. The van der Waals surface area contributed by atoms with Crippen molar-refractivity contribution < 1.29 is 8.42 Å². The molecule has 0 spiro atoms. The minimum Gasteiger partial charge on any atom is -0.312 e. The molecule has 134 valence electrons. The first-order valence-corrected chi connectivity index (χ1v) is 11.4. The first-order valence-electron chi connectivity index (χ1n) is 9.44. The van der Waals surface area contributed by atoms with Crippen LogP contribution < -0.4 is 16.0 Å². The molecule has 23 heavy (non-hydrogen) atoms. The van der Waals surface area contributed by atoms with Crippen LogP contribution in [0.3, 0.4) is 0 Å². The van der Waals surface area contributed by atoms with Crippen LogP contribution in [0.1, 0.15) is 57.8 Å². The number of sulfone groups is 1. The van der Waals surface area contributed by atoms with Gasteiger partial charge in [0, 0.05) is 31.4 Å². The first-order chi connectivity index (χ1) is 11.0. The maximum atomic E-state index is 11.7. The van der Waals surface area contributed by atoms with Crippen molar-refractivity contribution in [2.75, 3.05) is 19.3 Å². The molecular formula is C17H33N3O2S. The van der Waals surface area contributed by atoms with E-state index in [9.17, 15) is 8.42 Å². The molecule has 2 aliphatic carbocycles. The van der Waals surface area contributed by atoms with Crippen LogP contribution in [0.2, 0.25) is 0 Å². The summed E-state index contributed by atoms with van der Waals surface area (Å²) in [4.78, 5) is 0. The fraction of sp³-hybridized carbons (Fsp3) is 1.00. The molecular weight excluding hydrogens is 310 g/mol. The third kappa shape index (κ3) is 4.91. The van der Waals surface area contributed by atoms with Crippen LogP contribution in [0, 0.1) is 5.92 Å². The average Bonchev–Trinajstić information content (AvgIpc) is 2.55. The van der Waals surface area contributed by atoms with Gasteiger partial charge in [-0.15, -0.1) is 0 Å². The van der Waals surface area contributed by atoms with E-state index in [1.54, 1.807) is 0 Å². The van der Waals surface area contributed by atoms with Gasteiger partial charge in [0.05, 0.1) is 11.4 Å². The standard InChI is InChI=1S/C17H33N3O2S/c1-23(21,22)15-9-7-13(8-10-15)16-11-18-12-17(20-16)19-14-5-3-2-4-6-14/h13-20H,2-12H2,1H3. The van der Waals surface area contributed by atoms with Gasteiger partial charge in [-0.1, -0.05) is 19.3 Å². The zero-order chi connectivity index (χ0) is 16.3. The van der Waals surface area contributed by atoms with Crippen LogP contribution in [0.4, 0.5) is 0 Å². The minimum absolute atomic E-state index is 0.105. The Hall–Kier alpha value is -0.170. The van der Waals surface area contributed by atoms with Crippen molar-refractivity contribution >= 4 is 9.84 Å². The van der Waals surface area contributed by atoms with Gasteiger partial charge in [-0.25, -0.2) is 8.42 Å². The van der Waals surface area contributed by atoms with Gasteiger partial charge in [-0.3, -0.25) is 10.6 Å². The second kappa shape index (κ2) is 7.81. The van der Waals surface area contributed by atoms with Crippen LogP contribution in [-0.4, -0.2) is 51.3 Å². The predicted molar refractivity (Wildman–Crippen MR) is 94.2 cm³/mol. The smallest absolute Gasteiger partial charge is 0.150 e. The molecule has 3 rings (SSSR count). The molecule has 1 heterocycles. The van der Waals surface area contributed by atoms with E-state index in [1.807, 2.05) is 0 Å². The monoisotopic (exact) mass is 343 g/mol. The number of piperazine rings is 1. The van der Waals surface area contributed by atoms with E-state index in [0.717, 1.165) is 38.8 Å². The molecule has 3 N–H and O–H groups in total. The molecule has 2 saturated carbocycles. The summed E-state index contributed by atoms with van der Waals surface area (Å²) in [6.45, 7) is 2.00. The van der Waals surface area contributed by atoms with Crippen molar-refractivity contribution in [2.45, 2.75) is 81.3 Å². The predicted octanol–water partition coefficient (Wildman–Crippen LogP) is 1.40. The van der Waals surface area contributed by atoms with Crippen molar-refractivity contribution in [3.63, 3.8) is 0 Å². The van der Waals surface area contributed by atoms with Crippen molar-refractivity contribution in [1.29, 1.82) is 0 Å². The Morgan fingerprint density at radius 2 is 1.61 bits per heavy atom. The third-order valence-corrected chi connectivity index (χ3v) is 7.75. The highest BCUT2D eigenvalue weighted by Gasteiger charge is 2.34. The van der Waals surface area contributed by atoms with Crippen LogP contribution >= 0.6 is 0 Å². The van der Waals surface area contributed by atoms with Crippen LogP contribution in [0.5, 0.6) is 0 Å². The quantitative estimate of drug-likeness (QED) is 0.720. The van der Waals surface area contributed by atoms with Crippen molar-refractivity contribution in [3.8, 4) is 0 Å². The largest absolute Gasteiger partial charge is 0.312 e. The lowest BCUT2D eigenvalue weighted by atomic mass is 9.83. The molecule has 0 amide bonds. The maximum Gasteiger partial charge on any atom is 0.150 e. The van der Waals surface area contributed by atoms with Gasteiger partial charge in [0.1, 0.15) is 9.84 Å². The van der Waals surface area contributed by atoms with E-state index < -0.39 is 9.84 Å². The van der Waals surface area contributed by atoms with E-state index in [-0.39, 0.29) is 5.25 Å². The normalized spacial score (nSPS) is 37.6. The third-order valence-electron chi connectivity index (χ3n) is 6.06. The molecule has 0 radical (unpaired) electrons. The summed E-state index contributed by atoms with van der Waals surface area (Å²) >= 11 is 0. The highest BCUT2D eigenvalue weighted by atomic mass is 32.2. The minimum atomic E-state index is -2.86. The topological polar surface area (TPSA) is 70.2 Å². The Morgan fingerprint density at radius 3 is 2.26 bits per heavy atom. The fourth-order valence-electron chi connectivity index (χ4n) is 4.64. The van der Waals surface area contributed by atoms with Gasteiger partial charge in [-0.05, 0) is 44.4 Å². The number of rotatable bonds is 4. The zero-order valence-electron chi connectivity index (χ0n) is 14.4. The molecule has 0 aromatic carbocycles. The Labute approximate surface area is 141 Å². The van der Waals surface area contributed by atoms with Gasteiger partial charge >= 0.3 is 0 Å². The van der Waals surface area contributed by atoms with Gasteiger partial charge in [0.25, 0.3) is 0 Å². The summed E-state index contributed by atoms with van der Waals surface area (Å²) in [5, 5.41) is 11.1. The van der Waals surface area contributed by atoms with E-state index >= 15 is 0 Å². The Balaban J connectivity index is 1.47. The molecule has 0 aromatic rings. The molecule has 2 atom stereocenters. The molecule has 2 unspecified atom stereocenters. The molecule has 0 aromatic heterocycles. The molecule has 0 bridgehead atoms. The van der Waals surface area contributed by atoms with Crippen molar-refractivity contribution in [2.24, 2.45) is 5.92 Å². The maximum absolute atomic E-state index is 11.7. The number of nitrogens with one attached hydrogen (secondary N) is 3. The second-order valence-electron chi connectivity index (χ2n) is 7.85. The van der Waals surface area contributed by atoms with Crippen LogP contribution in [0.25, 0.3) is 0 Å². The van der Waals surface area contributed by atoms with Gasteiger partial charge in [0.15, 0.2) is 0 Å². The Bertz CT molecular complexity index is 468. The summed E-state index contributed by atoms with van der Waals surface area (Å²) in [7, 11) is -2.86. The van der Waals surface area contributed by atoms with Gasteiger partial charge in [0.2, 0.25) is 0 Å². The SMILES string of the molecule is CS(=O)(=O)C1CCC(C2CNCC(NC3CCCCC3)N2)CC1. The second-order valence-corrected chi connectivity index (χ2v) is 10.2. The van der Waals surface area contributed by atoms with E-state index in [2.05, 4.69) is 16.0 Å².